The first-order valence-electron chi connectivity index (χ1n) is 7.18. The van der Waals surface area contributed by atoms with Gasteiger partial charge >= 0.3 is 5.97 Å². The number of carbonyl (C=O) groups is 1. The summed E-state index contributed by atoms with van der Waals surface area (Å²) in [6.07, 6.45) is 1.94. The summed E-state index contributed by atoms with van der Waals surface area (Å²) in [6.45, 7) is 1.79. The minimum Gasteiger partial charge on any atom is -0.464 e. The standard InChI is InChI=1S/C16H17N3O4S/c1-3-8-24(21,22)13-6-4-12(5-7-13)19-10-11(9-17)14(18)15(19)16(20)23-2/h4-7,10H,3,8,18H2,1-2H3. The van der Waals surface area contributed by atoms with Gasteiger partial charge < -0.3 is 15.0 Å². The molecule has 24 heavy (non-hydrogen) atoms. The smallest absolute Gasteiger partial charge is 0.357 e. The van der Waals surface area contributed by atoms with Crippen LogP contribution in [0, 0.1) is 11.3 Å². The Morgan fingerprint density at radius 3 is 2.46 bits per heavy atom. The number of nitrogens with two attached hydrogens (primary N) is 1. The third kappa shape index (κ3) is 3.12. The Hall–Kier alpha value is -2.79. The highest BCUT2D eigenvalue weighted by molar-refractivity contribution is 7.91. The molecular formula is C16H17N3O4S. The summed E-state index contributed by atoms with van der Waals surface area (Å²) in [5, 5.41) is 9.09. The van der Waals surface area contributed by atoms with E-state index in [9.17, 15) is 13.2 Å². The summed E-state index contributed by atoms with van der Waals surface area (Å²) in [7, 11) is -2.11. The molecule has 0 amide bonds. The van der Waals surface area contributed by atoms with E-state index >= 15 is 0 Å². The number of carbonyl (C=O) groups excluding carboxylic acids is 1. The van der Waals surface area contributed by atoms with E-state index in [0.29, 0.717) is 12.1 Å². The van der Waals surface area contributed by atoms with E-state index in [0.717, 1.165) is 0 Å². The maximum atomic E-state index is 12.1. The van der Waals surface area contributed by atoms with Crippen LogP contribution in [0.1, 0.15) is 29.4 Å². The molecule has 0 bridgehead atoms. The molecule has 2 N–H and O–H groups in total. The normalized spacial score (nSPS) is 11.0. The molecule has 1 aromatic heterocycles. The largest absolute Gasteiger partial charge is 0.464 e. The van der Waals surface area contributed by atoms with Gasteiger partial charge in [-0.1, -0.05) is 6.92 Å². The van der Waals surface area contributed by atoms with Crippen molar-refractivity contribution in [2.75, 3.05) is 18.6 Å². The van der Waals surface area contributed by atoms with Crippen molar-refractivity contribution in [3.63, 3.8) is 0 Å². The van der Waals surface area contributed by atoms with E-state index in [-0.39, 0.29) is 27.6 Å². The number of nitriles is 1. The average Bonchev–Trinajstić information content (AvgIpc) is 2.91. The van der Waals surface area contributed by atoms with Crippen molar-refractivity contribution < 1.29 is 17.9 Å². The highest BCUT2D eigenvalue weighted by atomic mass is 32.2. The molecule has 0 aliphatic carbocycles. The van der Waals surface area contributed by atoms with Gasteiger partial charge in [0.05, 0.1) is 29.0 Å². The zero-order valence-corrected chi connectivity index (χ0v) is 14.1. The van der Waals surface area contributed by atoms with Crippen LogP contribution in [0.5, 0.6) is 0 Å². The minimum absolute atomic E-state index is 0.0204. The average molecular weight is 347 g/mol. The molecule has 2 rings (SSSR count). The highest BCUT2D eigenvalue weighted by Gasteiger charge is 2.22. The fourth-order valence-corrected chi connectivity index (χ4v) is 3.64. The van der Waals surface area contributed by atoms with Crippen LogP contribution in [-0.4, -0.2) is 31.8 Å². The SMILES string of the molecule is CCCS(=O)(=O)c1ccc(-n2cc(C#N)c(N)c2C(=O)OC)cc1. The second-order valence-electron chi connectivity index (χ2n) is 5.09. The van der Waals surface area contributed by atoms with Crippen LogP contribution in [0.15, 0.2) is 35.4 Å². The van der Waals surface area contributed by atoms with Gasteiger partial charge in [0.15, 0.2) is 15.5 Å². The Balaban J connectivity index is 2.54. The molecule has 1 heterocycles. The van der Waals surface area contributed by atoms with E-state index in [1.165, 1.54) is 30.0 Å². The van der Waals surface area contributed by atoms with Crippen LogP contribution in [0.3, 0.4) is 0 Å². The van der Waals surface area contributed by atoms with Crippen molar-refractivity contribution in [3.05, 3.63) is 41.7 Å². The quantitative estimate of drug-likeness (QED) is 0.826. The van der Waals surface area contributed by atoms with E-state index in [4.69, 9.17) is 15.7 Å². The lowest BCUT2D eigenvalue weighted by molar-refractivity contribution is 0.0593. The number of aromatic nitrogens is 1. The fourth-order valence-electron chi connectivity index (χ4n) is 2.32. The maximum absolute atomic E-state index is 12.1. The van der Waals surface area contributed by atoms with Crippen molar-refractivity contribution in [2.45, 2.75) is 18.2 Å². The maximum Gasteiger partial charge on any atom is 0.357 e. The number of nitrogen functional groups attached to an aromatic ring is 1. The number of esters is 1. The molecule has 0 saturated carbocycles. The highest BCUT2D eigenvalue weighted by Crippen LogP contribution is 2.25. The number of benzene rings is 1. The molecule has 2 aromatic rings. The number of rotatable bonds is 5. The van der Waals surface area contributed by atoms with E-state index in [2.05, 4.69) is 0 Å². The molecule has 0 atom stereocenters. The molecule has 0 aliphatic rings. The molecule has 1 aromatic carbocycles. The number of nitrogens with zero attached hydrogens (tertiary/aromatic N) is 2. The molecule has 0 spiro atoms. The number of methoxy groups -OCH3 is 1. The van der Waals surface area contributed by atoms with Gasteiger partial charge in [-0.3, -0.25) is 0 Å². The van der Waals surface area contributed by atoms with Crippen LogP contribution in [0.25, 0.3) is 5.69 Å². The molecule has 126 valence electrons. The molecule has 0 radical (unpaired) electrons. The summed E-state index contributed by atoms with van der Waals surface area (Å²) in [6, 6.07) is 7.93. The monoisotopic (exact) mass is 347 g/mol. The summed E-state index contributed by atoms with van der Waals surface area (Å²) >= 11 is 0. The van der Waals surface area contributed by atoms with E-state index < -0.39 is 15.8 Å². The Labute approximate surface area is 140 Å². The van der Waals surface area contributed by atoms with Crippen LogP contribution in [0.4, 0.5) is 5.69 Å². The molecule has 0 saturated heterocycles. The lowest BCUT2D eigenvalue weighted by atomic mass is 10.2. The Morgan fingerprint density at radius 1 is 1.33 bits per heavy atom. The topological polar surface area (TPSA) is 115 Å². The van der Waals surface area contributed by atoms with E-state index in [1.54, 1.807) is 19.1 Å². The summed E-state index contributed by atoms with van der Waals surface area (Å²) < 4.78 is 30.2. The third-order valence-electron chi connectivity index (χ3n) is 3.49. The Morgan fingerprint density at radius 2 is 1.96 bits per heavy atom. The molecule has 8 heteroatoms. The van der Waals surface area contributed by atoms with Gasteiger partial charge in [-0.25, -0.2) is 13.2 Å². The summed E-state index contributed by atoms with van der Waals surface area (Å²) in [5.41, 5.74) is 6.51. The van der Waals surface area contributed by atoms with Crippen LogP contribution >= 0.6 is 0 Å². The molecule has 0 unspecified atom stereocenters. The zero-order valence-electron chi connectivity index (χ0n) is 13.3. The van der Waals surface area contributed by atoms with Gasteiger partial charge in [0.25, 0.3) is 0 Å². The number of hydrogen-bond acceptors (Lipinski definition) is 6. The number of anilines is 1. The van der Waals surface area contributed by atoms with Crippen molar-refractivity contribution >= 4 is 21.5 Å². The number of hydrogen-bond donors (Lipinski definition) is 1. The van der Waals surface area contributed by atoms with E-state index in [1.807, 2.05) is 6.07 Å². The summed E-state index contributed by atoms with van der Waals surface area (Å²) in [4.78, 5) is 12.1. The lowest BCUT2D eigenvalue weighted by Crippen LogP contribution is -2.11. The van der Waals surface area contributed by atoms with Gasteiger partial charge in [0.1, 0.15) is 6.07 Å². The molecular weight excluding hydrogens is 330 g/mol. The van der Waals surface area contributed by atoms with Gasteiger partial charge in [-0.15, -0.1) is 0 Å². The van der Waals surface area contributed by atoms with Crippen molar-refractivity contribution in [1.82, 2.24) is 4.57 Å². The Bertz CT molecular complexity index is 906. The van der Waals surface area contributed by atoms with Crippen LogP contribution in [0.2, 0.25) is 0 Å². The molecule has 0 aliphatic heterocycles. The fraction of sp³-hybridized carbons (Fsp3) is 0.250. The van der Waals surface area contributed by atoms with Crippen molar-refractivity contribution in [2.24, 2.45) is 0 Å². The van der Waals surface area contributed by atoms with Gasteiger partial charge in [-0.2, -0.15) is 5.26 Å². The first-order chi connectivity index (χ1) is 11.4. The van der Waals surface area contributed by atoms with Crippen LogP contribution in [-0.2, 0) is 14.6 Å². The first kappa shape index (κ1) is 17.6. The Kier molecular flexibility index (Phi) is 4.95. The second-order valence-corrected chi connectivity index (χ2v) is 7.20. The molecule has 7 nitrogen and oxygen atoms in total. The van der Waals surface area contributed by atoms with Gasteiger partial charge in [-0.05, 0) is 30.7 Å². The van der Waals surface area contributed by atoms with Crippen molar-refractivity contribution in [3.8, 4) is 11.8 Å². The predicted octanol–water partition coefficient (Wildman–Crippen LogP) is 1.90. The van der Waals surface area contributed by atoms with Crippen LogP contribution < -0.4 is 5.73 Å². The zero-order chi connectivity index (χ0) is 17.9. The minimum atomic E-state index is -3.33. The number of ether oxygens (including phenoxy) is 1. The van der Waals surface area contributed by atoms with Crippen molar-refractivity contribution in [1.29, 1.82) is 5.26 Å². The predicted molar refractivity (Wildman–Crippen MR) is 88.6 cm³/mol. The van der Waals surface area contributed by atoms with Gasteiger partial charge in [0, 0.05) is 11.9 Å². The number of sulfone groups is 1. The lowest BCUT2D eigenvalue weighted by Gasteiger charge is -2.09. The molecule has 0 fully saturated rings. The van der Waals surface area contributed by atoms with Gasteiger partial charge in [0.2, 0.25) is 0 Å². The second kappa shape index (κ2) is 6.76. The first-order valence-corrected chi connectivity index (χ1v) is 8.83. The summed E-state index contributed by atoms with van der Waals surface area (Å²) in [5.74, 6) is -0.619. The third-order valence-corrected chi connectivity index (χ3v) is 5.43.